The number of carbonyl (C=O) groups excluding carboxylic acids is 1. The second kappa shape index (κ2) is 7.58. The predicted octanol–water partition coefficient (Wildman–Crippen LogP) is 4.80. The van der Waals surface area contributed by atoms with E-state index in [1.807, 2.05) is 6.07 Å². The molecule has 0 aliphatic carbocycles. The van der Waals surface area contributed by atoms with Crippen molar-refractivity contribution >= 4 is 50.2 Å². The summed E-state index contributed by atoms with van der Waals surface area (Å²) >= 11 is 7.16. The van der Waals surface area contributed by atoms with Gasteiger partial charge in [0.2, 0.25) is 0 Å². The van der Waals surface area contributed by atoms with Crippen LogP contribution in [0, 0.1) is 0 Å². The molecule has 0 radical (unpaired) electrons. The zero-order valence-corrected chi connectivity index (χ0v) is 17.2. The molecule has 2 heterocycles. The minimum absolute atomic E-state index is 0.263. The molecule has 144 valence electrons. The fourth-order valence-corrected chi connectivity index (χ4v) is 6.08. The third kappa shape index (κ3) is 3.65. The number of aryl methyl sites for hydroxylation is 1. The van der Waals surface area contributed by atoms with Gasteiger partial charge in [-0.05, 0) is 66.2 Å². The Morgan fingerprint density at radius 3 is 2.71 bits per heavy atom. The van der Waals surface area contributed by atoms with Crippen LogP contribution in [0.3, 0.4) is 0 Å². The molecule has 28 heavy (non-hydrogen) atoms. The van der Waals surface area contributed by atoms with Gasteiger partial charge in [0.1, 0.15) is 4.21 Å². The standard InChI is InChI=1S/C20H17ClN2O3S2/c21-16-6-1-4-15(12-16)20(24)22-17-8-9-18-14(13-17)5-2-10-23(18)28(25,26)19-7-3-11-27-19/h1,3-4,6-9,11-13H,2,5,10H2,(H,22,24). The number of nitrogens with zero attached hydrogens (tertiary/aromatic N) is 1. The number of fused-ring (bicyclic) bond motifs is 1. The molecule has 3 aromatic rings. The molecule has 1 N–H and O–H groups in total. The van der Waals surface area contributed by atoms with Gasteiger partial charge in [-0.3, -0.25) is 9.10 Å². The van der Waals surface area contributed by atoms with E-state index in [1.54, 1.807) is 53.9 Å². The monoisotopic (exact) mass is 432 g/mol. The average Bonchev–Trinajstić information content (AvgIpc) is 3.23. The third-order valence-electron chi connectivity index (χ3n) is 4.54. The molecule has 0 spiro atoms. The topological polar surface area (TPSA) is 66.5 Å². The van der Waals surface area contributed by atoms with E-state index >= 15 is 0 Å². The van der Waals surface area contributed by atoms with Crippen molar-refractivity contribution in [3.05, 3.63) is 76.1 Å². The molecule has 0 bridgehead atoms. The first-order valence-corrected chi connectivity index (χ1v) is 11.4. The quantitative estimate of drug-likeness (QED) is 0.644. The van der Waals surface area contributed by atoms with E-state index in [4.69, 9.17) is 11.6 Å². The smallest absolute Gasteiger partial charge is 0.273 e. The Morgan fingerprint density at radius 2 is 1.96 bits per heavy atom. The second-order valence-electron chi connectivity index (χ2n) is 6.42. The summed E-state index contributed by atoms with van der Waals surface area (Å²) < 4.78 is 27.7. The van der Waals surface area contributed by atoms with E-state index in [0.717, 1.165) is 18.4 Å². The third-order valence-corrected chi connectivity index (χ3v) is 7.96. The molecule has 2 aromatic carbocycles. The van der Waals surface area contributed by atoms with Crippen molar-refractivity contribution in [1.82, 2.24) is 0 Å². The minimum Gasteiger partial charge on any atom is -0.322 e. The first-order valence-electron chi connectivity index (χ1n) is 8.71. The van der Waals surface area contributed by atoms with Crippen LogP contribution in [0.4, 0.5) is 11.4 Å². The van der Waals surface area contributed by atoms with Gasteiger partial charge in [0.15, 0.2) is 0 Å². The van der Waals surface area contributed by atoms with Crippen LogP contribution < -0.4 is 9.62 Å². The number of anilines is 2. The van der Waals surface area contributed by atoms with Gasteiger partial charge in [-0.1, -0.05) is 23.7 Å². The summed E-state index contributed by atoms with van der Waals surface area (Å²) in [6.07, 6.45) is 1.48. The van der Waals surface area contributed by atoms with Crippen LogP contribution in [0.5, 0.6) is 0 Å². The maximum absolute atomic E-state index is 12.9. The number of hydrogen-bond donors (Lipinski definition) is 1. The van der Waals surface area contributed by atoms with Crippen molar-refractivity contribution in [1.29, 1.82) is 0 Å². The molecule has 5 nitrogen and oxygen atoms in total. The second-order valence-corrected chi connectivity index (χ2v) is 9.89. The van der Waals surface area contributed by atoms with Gasteiger partial charge >= 0.3 is 0 Å². The van der Waals surface area contributed by atoms with E-state index in [2.05, 4.69) is 5.32 Å². The number of thiophene rings is 1. The van der Waals surface area contributed by atoms with Crippen molar-refractivity contribution in [3.63, 3.8) is 0 Å². The molecule has 1 aromatic heterocycles. The zero-order valence-electron chi connectivity index (χ0n) is 14.8. The summed E-state index contributed by atoms with van der Waals surface area (Å²) in [5.74, 6) is -0.263. The Balaban J connectivity index is 1.61. The highest BCUT2D eigenvalue weighted by molar-refractivity contribution is 7.94. The first kappa shape index (κ1) is 19.0. The normalized spacial score (nSPS) is 13.8. The highest BCUT2D eigenvalue weighted by Gasteiger charge is 2.29. The summed E-state index contributed by atoms with van der Waals surface area (Å²) in [7, 11) is -3.57. The van der Waals surface area contributed by atoms with Gasteiger partial charge in [0.05, 0.1) is 5.69 Å². The van der Waals surface area contributed by atoms with E-state index in [1.165, 1.54) is 15.6 Å². The minimum atomic E-state index is -3.57. The number of halogens is 1. The summed E-state index contributed by atoms with van der Waals surface area (Å²) in [4.78, 5) is 12.4. The molecule has 8 heteroatoms. The number of benzene rings is 2. The van der Waals surface area contributed by atoms with E-state index in [9.17, 15) is 13.2 Å². The molecule has 0 atom stereocenters. The molecule has 0 saturated carbocycles. The fraction of sp³-hybridized carbons (Fsp3) is 0.150. The largest absolute Gasteiger partial charge is 0.322 e. The van der Waals surface area contributed by atoms with Crippen LogP contribution >= 0.6 is 22.9 Å². The summed E-state index contributed by atoms with van der Waals surface area (Å²) in [6.45, 7) is 0.446. The highest BCUT2D eigenvalue weighted by atomic mass is 35.5. The van der Waals surface area contributed by atoms with Gasteiger partial charge < -0.3 is 5.32 Å². The zero-order chi connectivity index (χ0) is 19.7. The summed E-state index contributed by atoms with van der Waals surface area (Å²) in [5, 5.41) is 5.10. The predicted molar refractivity (Wildman–Crippen MR) is 113 cm³/mol. The first-order chi connectivity index (χ1) is 13.4. The molecule has 0 unspecified atom stereocenters. The summed E-state index contributed by atoms with van der Waals surface area (Å²) in [5.41, 5.74) is 2.65. The molecule has 0 fully saturated rings. The lowest BCUT2D eigenvalue weighted by molar-refractivity contribution is 0.102. The van der Waals surface area contributed by atoms with Crippen molar-refractivity contribution in [3.8, 4) is 0 Å². The number of nitrogens with one attached hydrogen (secondary N) is 1. The van der Waals surface area contributed by atoms with Crippen molar-refractivity contribution < 1.29 is 13.2 Å². The molecular formula is C20H17ClN2O3S2. The molecule has 1 aliphatic rings. The van der Waals surface area contributed by atoms with E-state index < -0.39 is 10.0 Å². The SMILES string of the molecule is O=C(Nc1ccc2c(c1)CCCN2S(=O)(=O)c1cccs1)c1cccc(Cl)c1. The van der Waals surface area contributed by atoms with Gasteiger partial charge in [0, 0.05) is 22.8 Å². The van der Waals surface area contributed by atoms with Gasteiger partial charge in [-0.25, -0.2) is 8.42 Å². The number of hydrogen-bond acceptors (Lipinski definition) is 4. The Labute approximate surface area is 172 Å². The Bertz CT molecular complexity index is 1130. The highest BCUT2D eigenvalue weighted by Crippen LogP contribution is 2.34. The Kier molecular flexibility index (Phi) is 5.14. The Morgan fingerprint density at radius 1 is 1.11 bits per heavy atom. The van der Waals surface area contributed by atoms with Crippen molar-refractivity contribution in [2.24, 2.45) is 0 Å². The maximum Gasteiger partial charge on any atom is 0.273 e. The van der Waals surface area contributed by atoms with Crippen LogP contribution in [-0.4, -0.2) is 20.9 Å². The summed E-state index contributed by atoms with van der Waals surface area (Å²) in [6, 6.07) is 15.4. The van der Waals surface area contributed by atoms with Crippen LogP contribution in [0.2, 0.25) is 5.02 Å². The lowest BCUT2D eigenvalue weighted by Gasteiger charge is -2.30. The van der Waals surface area contributed by atoms with Crippen LogP contribution in [0.15, 0.2) is 64.2 Å². The van der Waals surface area contributed by atoms with Crippen LogP contribution in [-0.2, 0) is 16.4 Å². The molecule has 1 amide bonds. The molecular weight excluding hydrogens is 416 g/mol. The number of amides is 1. The Hall–Kier alpha value is -2.35. The van der Waals surface area contributed by atoms with E-state index in [0.29, 0.717) is 32.7 Å². The van der Waals surface area contributed by atoms with Crippen molar-refractivity contribution in [2.45, 2.75) is 17.1 Å². The van der Waals surface area contributed by atoms with E-state index in [-0.39, 0.29) is 5.91 Å². The lowest BCUT2D eigenvalue weighted by atomic mass is 10.0. The lowest BCUT2D eigenvalue weighted by Crippen LogP contribution is -2.35. The van der Waals surface area contributed by atoms with Crippen molar-refractivity contribution in [2.75, 3.05) is 16.2 Å². The van der Waals surface area contributed by atoms with Gasteiger partial charge in [-0.15, -0.1) is 11.3 Å². The van der Waals surface area contributed by atoms with Gasteiger partial charge in [0.25, 0.3) is 15.9 Å². The number of sulfonamides is 1. The maximum atomic E-state index is 12.9. The number of rotatable bonds is 4. The molecule has 1 aliphatic heterocycles. The van der Waals surface area contributed by atoms with Crippen LogP contribution in [0.25, 0.3) is 0 Å². The van der Waals surface area contributed by atoms with Gasteiger partial charge in [-0.2, -0.15) is 0 Å². The molecule has 0 saturated heterocycles. The number of carbonyl (C=O) groups is 1. The molecule has 4 rings (SSSR count). The van der Waals surface area contributed by atoms with Crippen LogP contribution in [0.1, 0.15) is 22.3 Å². The average molecular weight is 433 g/mol. The fourth-order valence-electron chi connectivity index (χ4n) is 3.24.